The van der Waals surface area contributed by atoms with E-state index in [4.69, 9.17) is 4.74 Å². The van der Waals surface area contributed by atoms with E-state index in [2.05, 4.69) is 20.9 Å². The van der Waals surface area contributed by atoms with Gasteiger partial charge in [0.2, 0.25) is 5.91 Å². The summed E-state index contributed by atoms with van der Waals surface area (Å²) >= 11 is 0. The van der Waals surface area contributed by atoms with Crippen LogP contribution in [0.15, 0.2) is 30.3 Å². The molecule has 0 saturated carbocycles. The van der Waals surface area contributed by atoms with Crippen molar-refractivity contribution < 1.29 is 14.3 Å². The maximum Gasteiger partial charge on any atom is 0.252 e. The minimum atomic E-state index is -0.696. The highest BCUT2D eigenvalue weighted by Crippen LogP contribution is 2.23. The van der Waals surface area contributed by atoms with Gasteiger partial charge in [-0.05, 0) is 50.9 Å². The van der Waals surface area contributed by atoms with Crippen molar-refractivity contribution in [3.05, 3.63) is 30.3 Å². The van der Waals surface area contributed by atoms with Crippen LogP contribution in [-0.2, 0) is 14.3 Å². The summed E-state index contributed by atoms with van der Waals surface area (Å²) < 4.78 is 5.60. The van der Waals surface area contributed by atoms with E-state index >= 15 is 0 Å². The zero-order chi connectivity index (χ0) is 19.1. The predicted molar refractivity (Wildman–Crippen MR) is 105 cm³/mol. The first-order valence-electron chi connectivity index (χ1n) is 9.75. The third-order valence-electron chi connectivity index (χ3n) is 5.56. The molecule has 2 fully saturated rings. The second-order valence-corrected chi connectivity index (χ2v) is 7.39. The first-order chi connectivity index (χ1) is 13.1. The van der Waals surface area contributed by atoms with Crippen LogP contribution in [0.25, 0.3) is 0 Å². The smallest absolute Gasteiger partial charge is 0.252 e. The van der Waals surface area contributed by atoms with E-state index in [1.54, 1.807) is 7.11 Å². The summed E-state index contributed by atoms with van der Waals surface area (Å²) in [5.41, 5.74) is 0.120. The van der Waals surface area contributed by atoms with Crippen molar-refractivity contribution in [2.75, 3.05) is 45.2 Å². The van der Waals surface area contributed by atoms with E-state index in [1.807, 2.05) is 30.3 Å². The number of nitrogens with zero attached hydrogens (tertiary/aromatic N) is 1. The number of hydrogen-bond acceptors (Lipinski definition) is 5. The van der Waals surface area contributed by atoms with Gasteiger partial charge in [0.1, 0.15) is 5.60 Å². The number of benzene rings is 1. The Hall–Kier alpha value is -1.96. The maximum atomic E-state index is 12.7. The number of carbonyl (C=O) groups excluding carboxylic acids is 2. The summed E-state index contributed by atoms with van der Waals surface area (Å²) in [5.74, 6) is 0.00324. The molecule has 0 bridgehead atoms. The summed E-state index contributed by atoms with van der Waals surface area (Å²) in [5, 5.41) is 9.36. The normalized spacial score (nSPS) is 20.8. The Morgan fingerprint density at radius 3 is 2.48 bits per heavy atom. The summed E-state index contributed by atoms with van der Waals surface area (Å²) in [4.78, 5) is 27.1. The van der Waals surface area contributed by atoms with Gasteiger partial charge in [0.25, 0.3) is 5.91 Å². The van der Waals surface area contributed by atoms with Crippen LogP contribution in [0.1, 0.15) is 25.7 Å². The number of para-hydroxylation sites is 1. The molecule has 0 unspecified atom stereocenters. The van der Waals surface area contributed by atoms with Gasteiger partial charge < -0.3 is 20.7 Å². The van der Waals surface area contributed by atoms with Gasteiger partial charge in [-0.15, -0.1) is 0 Å². The zero-order valence-electron chi connectivity index (χ0n) is 16.0. The molecule has 7 nitrogen and oxygen atoms in total. The molecule has 148 valence electrons. The number of ether oxygens (including phenoxy) is 1. The zero-order valence-corrected chi connectivity index (χ0v) is 16.0. The van der Waals surface area contributed by atoms with Crippen LogP contribution >= 0.6 is 0 Å². The summed E-state index contributed by atoms with van der Waals surface area (Å²) in [6.45, 7) is 3.58. The van der Waals surface area contributed by atoms with Gasteiger partial charge in [-0.2, -0.15) is 0 Å². The van der Waals surface area contributed by atoms with Gasteiger partial charge in [-0.3, -0.25) is 14.5 Å². The van der Waals surface area contributed by atoms with E-state index in [-0.39, 0.29) is 17.9 Å². The molecule has 27 heavy (non-hydrogen) atoms. The molecule has 2 aliphatic heterocycles. The largest absolute Gasteiger partial charge is 0.368 e. The number of hydrogen-bond donors (Lipinski definition) is 3. The molecule has 2 aliphatic rings. The first kappa shape index (κ1) is 19.8. The Labute approximate surface area is 160 Å². The molecule has 0 radical (unpaired) electrons. The van der Waals surface area contributed by atoms with Crippen molar-refractivity contribution >= 4 is 17.5 Å². The summed E-state index contributed by atoms with van der Waals surface area (Å²) in [7, 11) is 1.62. The predicted octanol–water partition coefficient (Wildman–Crippen LogP) is 0.974. The molecule has 0 aliphatic carbocycles. The van der Waals surface area contributed by atoms with Crippen molar-refractivity contribution in [3.8, 4) is 0 Å². The summed E-state index contributed by atoms with van der Waals surface area (Å²) in [6.07, 6.45) is 3.10. The monoisotopic (exact) mass is 374 g/mol. The van der Waals surface area contributed by atoms with Gasteiger partial charge in [-0.25, -0.2) is 0 Å². The molecule has 7 heteroatoms. The van der Waals surface area contributed by atoms with Crippen LogP contribution in [0, 0.1) is 0 Å². The molecule has 2 amide bonds. The molecule has 3 rings (SSSR count). The second kappa shape index (κ2) is 9.30. The molecule has 2 saturated heterocycles. The number of anilines is 1. The lowest BCUT2D eigenvalue weighted by molar-refractivity contribution is -0.147. The molecular weight excluding hydrogens is 344 g/mol. The third kappa shape index (κ3) is 5.28. The average Bonchev–Trinajstić information content (AvgIpc) is 2.70. The highest BCUT2D eigenvalue weighted by molar-refractivity contribution is 5.92. The van der Waals surface area contributed by atoms with Crippen molar-refractivity contribution in [2.24, 2.45) is 0 Å². The first-order valence-corrected chi connectivity index (χ1v) is 9.75. The number of methoxy groups -OCH3 is 1. The van der Waals surface area contributed by atoms with E-state index in [1.165, 1.54) is 0 Å². The van der Waals surface area contributed by atoms with Gasteiger partial charge in [-0.1, -0.05) is 18.2 Å². The Balaban J connectivity index is 1.42. The quantitative estimate of drug-likeness (QED) is 0.691. The minimum Gasteiger partial charge on any atom is -0.368 e. The fourth-order valence-corrected chi connectivity index (χ4v) is 3.83. The lowest BCUT2D eigenvalue weighted by atomic mass is 9.90. The fourth-order valence-electron chi connectivity index (χ4n) is 3.83. The van der Waals surface area contributed by atoms with E-state index in [9.17, 15) is 9.59 Å². The molecule has 0 aromatic heterocycles. The van der Waals surface area contributed by atoms with Crippen LogP contribution in [0.3, 0.4) is 0 Å². The van der Waals surface area contributed by atoms with Crippen molar-refractivity contribution in [1.29, 1.82) is 0 Å². The summed E-state index contributed by atoms with van der Waals surface area (Å²) in [6, 6.07) is 9.63. The van der Waals surface area contributed by atoms with Crippen LogP contribution in [0.5, 0.6) is 0 Å². The number of likely N-dealkylation sites (tertiary alicyclic amines) is 1. The van der Waals surface area contributed by atoms with Crippen LogP contribution in [0.4, 0.5) is 5.69 Å². The molecule has 3 N–H and O–H groups in total. The van der Waals surface area contributed by atoms with E-state index in [0.717, 1.165) is 44.7 Å². The van der Waals surface area contributed by atoms with Crippen molar-refractivity contribution in [1.82, 2.24) is 15.5 Å². The maximum absolute atomic E-state index is 12.7. The lowest BCUT2D eigenvalue weighted by Crippen LogP contribution is -2.57. The van der Waals surface area contributed by atoms with Crippen LogP contribution in [-0.4, -0.2) is 68.2 Å². The molecule has 2 heterocycles. The highest BCUT2D eigenvalue weighted by atomic mass is 16.5. The number of piperidine rings is 2. The number of carbonyl (C=O) groups is 2. The standard InChI is InChI=1S/C20H30N4O3/c1-27-20(9-11-21-12-10-20)19(26)23-17-7-13-24(14-8-17)15-18(25)22-16-5-3-2-4-6-16/h2-6,17,21H,7-15H2,1H3,(H,22,25)(H,23,26). The minimum absolute atomic E-state index is 0.00303. The molecule has 1 aromatic rings. The Morgan fingerprint density at radius 1 is 1.19 bits per heavy atom. The second-order valence-electron chi connectivity index (χ2n) is 7.39. The molecular formula is C20H30N4O3. The topological polar surface area (TPSA) is 82.7 Å². The number of rotatable bonds is 6. The third-order valence-corrected chi connectivity index (χ3v) is 5.56. The Kier molecular flexibility index (Phi) is 6.82. The number of nitrogens with one attached hydrogen (secondary N) is 3. The van der Waals surface area contributed by atoms with Crippen molar-refractivity contribution in [3.63, 3.8) is 0 Å². The van der Waals surface area contributed by atoms with Crippen LogP contribution < -0.4 is 16.0 Å². The van der Waals surface area contributed by atoms with Gasteiger partial charge in [0, 0.05) is 31.9 Å². The molecule has 0 spiro atoms. The SMILES string of the molecule is COC1(C(=O)NC2CCN(CC(=O)Nc3ccccc3)CC2)CCNCC1. The molecule has 0 atom stereocenters. The fraction of sp³-hybridized carbons (Fsp3) is 0.600. The number of amides is 2. The average molecular weight is 374 g/mol. The van der Waals surface area contributed by atoms with Crippen molar-refractivity contribution in [2.45, 2.75) is 37.3 Å². The van der Waals surface area contributed by atoms with Gasteiger partial charge >= 0.3 is 0 Å². The Morgan fingerprint density at radius 2 is 1.85 bits per heavy atom. The highest BCUT2D eigenvalue weighted by Gasteiger charge is 2.40. The van der Waals surface area contributed by atoms with Gasteiger partial charge in [0.05, 0.1) is 6.54 Å². The molecule has 1 aromatic carbocycles. The Bertz CT molecular complexity index is 623. The van der Waals surface area contributed by atoms with Crippen LogP contribution in [0.2, 0.25) is 0 Å². The van der Waals surface area contributed by atoms with Gasteiger partial charge in [0.15, 0.2) is 0 Å². The lowest BCUT2D eigenvalue weighted by Gasteiger charge is -2.38. The van der Waals surface area contributed by atoms with E-state index in [0.29, 0.717) is 19.4 Å². The van der Waals surface area contributed by atoms with E-state index < -0.39 is 5.60 Å².